The molecule has 2 atom stereocenters. The van der Waals surface area contributed by atoms with E-state index in [0.717, 1.165) is 18.8 Å². The van der Waals surface area contributed by atoms with E-state index in [1.165, 1.54) is 88.2 Å². The zero-order valence-corrected chi connectivity index (χ0v) is 20.0. The van der Waals surface area contributed by atoms with Crippen molar-refractivity contribution in [3.05, 3.63) is 41.5 Å². The Morgan fingerprint density at radius 2 is 1.58 bits per heavy atom. The topological polar surface area (TPSA) is 27.7 Å². The van der Waals surface area contributed by atoms with Gasteiger partial charge in [-0.3, -0.25) is 0 Å². The van der Waals surface area contributed by atoms with Crippen molar-refractivity contribution < 1.29 is 14.5 Å². The fourth-order valence-corrected chi connectivity index (χ4v) is 4.79. The van der Waals surface area contributed by atoms with Crippen molar-refractivity contribution in [1.29, 1.82) is 0 Å². The van der Waals surface area contributed by atoms with E-state index in [-0.39, 0.29) is 6.10 Å². The fourth-order valence-electron chi connectivity index (χ4n) is 4.79. The Hall–Kier alpha value is -1.16. The predicted molar refractivity (Wildman–Crippen MR) is 129 cm³/mol. The number of hydrogen-bond acceptors (Lipinski definition) is 3. The number of hydrogen-bond donors (Lipinski definition) is 0. The summed E-state index contributed by atoms with van der Waals surface area (Å²) in [6, 6.07) is 9.03. The minimum atomic E-state index is -0.603. The van der Waals surface area contributed by atoms with Crippen LogP contribution in [-0.2, 0) is 14.5 Å². The van der Waals surface area contributed by atoms with Crippen molar-refractivity contribution in [3.63, 3.8) is 0 Å². The molecule has 1 aliphatic carbocycles. The van der Waals surface area contributed by atoms with Gasteiger partial charge in [0.05, 0.1) is 6.61 Å². The molecule has 0 amide bonds. The van der Waals surface area contributed by atoms with Crippen molar-refractivity contribution in [2.45, 2.75) is 122 Å². The lowest BCUT2D eigenvalue weighted by atomic mass is 9.84. The standard InChI is InChI=1S/C28H44O3/c1-3-4-5-6-7-8-9-13-22-28(2)29-23-27(30-31-28)21-18-24-16-19-26(20-17-24)25-14-11-10-12-15-25/h16-21,25,27H,3-15,22-23H2,1-2H3. The Balaban J connectivity index is 1.32. The highest BCUT2D eigenvalue weighted by atomic mass is 17.2. The van der Waals surface area contributed by atoms with E-state index in [2.05, 4.69) is 37.3 Å². The quantitative estimate of drug-likeness (QED) is 0.247. The molecule has 1 heterocycles. The van der Waals surface area contributed by atoms with Crippen LogP contribution in [-0.4, -0.2) is 18.5 Å². The van der Waals surface area contributed by atoms with Crippen molar-refractivity contribution in [1.82, 2.24) is 0 Å². The summed E-state index contributed by atoms with van der Waals surface area (Å²) < 4.78 is 6.03. The maximum atomic E-state index is 6.03. The first kappa shape index (κ1) is 24.5. The van der Waals surface area contributed by atoms with E-state index in [0.29, 0.717) is 6.61 Å². The molecule has 2 aliphatic rings. The molecule has 0 N–H and O–H groups in total. The molecule has 1 aromatic carbocycles. The van der Waals surface area contributed by atoms with Crippen molar-refractivity contribution in [3.8, 4) is 0 Å². The minimum Gasteiger partial charge on any atom is -0.344 e. The van der Waals surface area contributed by atoms with Gasteiger partial charge < -0.3 is 4.74 Å². The molecule has 0 bridgehead atoms. The van der Waals surface area contributed by atoms with Crippen LogP contribution in [0.4, 0.5) is 0 Å². The summed E-state index contributed by atoms with van der Waals surface area (Å²) in [7, 11) is 0. The Labute approximate surface area is 190 Å². The van der Waals surface area contributed by atoms with Crippen molar-refractivity contribution >= 4 is 6.08 Å². The highest BCUT2D eigenvalue weighted by Crippen LogP contribution is 2.33. The number of ether oxygens (including phenoxy) is 1. The second-order valence-electron chi connectivity index (χ2n) is 9.75. The van der Waals surface area contributed by atoms with Gasteiger partial charge in [-0.2, -0.15) is 0 Å². The lowest BCUT2D eigenvalue weighted by Crippen LogP contribution is -2.42. The molecule has 0 spiro atoms. The monoisotopic (exact) mass is 428 g/mol. The summed E-state index contributed by atoms with van der Waals surface area (Å²) >= 11 is 0. The highest BCUT2D eigenvalue weighted by Gasteiger charge is 2.33. The maximum Gasteiger partial charge on any atom is 0.198 e. The Bertz CT molecular complexity index is 622. The summed E-state index contributed by atoms with van der Waals surface area (Å²) in [6.07, 6.45) is 22.2. The molecular weight excluding hydrogens is 384 g/mol. The van der Waals surface area contributed by atoms with E-state index < -0.39 is 5.79 Å². The molecule has 1 aliphatic heterocycles. The van der Waals surface area contributed by atoms with E-state index in [1.54, 1.807) is 0 Å². The van der Waals surface area contributed by atoms with Crippen LogP contribution in [0.2, 0.25) is 0 Å². The van der Waals surface area contributed by atoms with Gasteiger partial charge in [0.2, 0.25) is 0 Å². The van der Waals surface area contributed by atoms with Crippen LogP contribution in [0.5, 0.6) is 0 Å². The molecule has 174 valence electrons. The largest absolute Gasteiger partial charge is 0.344 e. The van der Waals surface area contributed by atoms with Crippen LogP contribution in [0, 0.1) is 0 Å². The first-order chi connectivity index (χ1) is 15.2. The fraction of sp³-hybridized carbons (Fsp3) is 0.714. The molecule has 1 aromatic rings. The summed E-state index contributed by atoms with van der Waals surface area (Å²) in [4.78, 5) is 11.3. The molecule has 2 fully saturated rings. The molecule has 2 unspecified atom stereocenters. The molecule has 1 saturated carbocycles. The lowest BCUT2D eigenvalue weighted by molar-refractivity contribution is -0.475. The Kier molecular flexibility index (Phi) is 10.6. The summed E-state index contributed by atoms with van der Waals surface area (Å²) in [6.45, 7) is 4.81. The second-order valence-corrected chi connectivity index (χ2v) is 9.75. The average molecular weight is 429 g/mol. The molecule has 0 radical (unpaired) electrons. The third kappa shape index (κ3) is 8.71. The molecule has 31 heavy (non-hydrogen) atoms. The van der Waals surface area contributed by atoms with Gasteiger partial charge in [0, 0.05) is 6.42 Å². The predicted octanol–water partition coefficient (Wildman–Crippen LogP) is 8.34. The van der Waals surface area contributed by atoms with Gasteiger partial charge in [-0.25, -0.2) is 9.78 Å². The van der Waals surface area contributed by atoms with E-state index in [9.17, 15) is 0 Å². The third-order valence-electron chi connectivity index (χ3n) is 6.90. The summed E-state index contributed by atoms with van der Waals surface area (Å²) in [5, 5.41) is 0. The number of rotatable bonds is 12. The van der Waals surface area contributed by atoms with E-state index in [1.807, 2.05) is 13.0 Å². The van der Waals surface area contributed by atoms with Gasteiger partial charge in [0.25, 0.3) is 0 Å². The number of unbranched alkanes of at least 4 members (excludes halogenated alkanes) is 7. The van der Waals surface area contributed by atoms with Crippen LogP contribution in [0.25, 0.3) is 6.08 Å². The highest BCUT2D eigenvalue weighted by molar-refractivity contribution is 5.50. The minimum absolute atomic E-state index is 0.148. The van der Waals surface area contributed by atoms with Gasteiger partial charge in [-0.05, 0) is 49.3 Å². The SMILES string of the molecule is CCCCCCCCCCC1(C)OCC(C=Cc2ccc(C3CCCCC3)cc2)OO1. The van der Waals surface area contributed by atoms with E-state index in [4.69, 9.17) is 14.5 Å². The molecule has 3 heteroatoms. The zero-order chi connectivity index (χ0) is 21.8. The smallest absolute Gasteiger partial charge is 0.198 e. The molecular formula is C28H44O3. The normalized spacial score (nSPS) is 25.3. The first-order valence-corrected chi connectivity index (χ1v) is 13.0. The third-order valence-corrected chi connectivity index (χ3v) is 6.90. The van der Waals surface area contributed by atoms with Gasteiger partial charge in [-0.1, -0.05) is 101 Å². The van der Waals surface area contributed by atoms with Crippen LogP contribution in [0.1, 0.15) is 121 Å². The summed E-state index contributed by atoms with van der Waals surface area (Å²) in [5.74, 6) is 0.155. The van der Waals surface area contributed by atoms with Gasteiger partial charge in [-0.15, -0.1) is 0 Å². The zero-order valence-electron chi connectivity index (χ0n) is 20.0. The van der Waals surface area contributed by atoms with Crippen LogP contribution in [0.3, 0.4) is 0 Å². The van der Waals surface area contributed by atoms with Gasteiger partial charge in [0.15, 0.2) is 5.79 Å². The molecule has 1 saturated heterocycles. The Morgan fingerprint density at radius 3 is 2.23 bits per heavy atom. The van der Waals surface area contributed by atoms with Crippen LogP contribution < -0.4 is 0 Å². The first-order valence-electron chi connectivity index (χ1n) is 13.0. The molecule has 3 rings (SSSR count). The lowest BCUT2D eigenvalue weighted by Gasteiger charge is -2.35. The van der Waals surface area contributed by atoms with Crippen molar-refractivity contribution in [2.75, 3.05) is 6.61 Å². The van der Waals surface area contributed by atoms with E-state index >= 15 is 0 Å². The van der Waals surface area contributed by atoms with Crippen LogP contribution in [0.15, 0.2) is 30.3 Å². The molecule has 3 nitrogen and oxygen atoms in total. The Morgan fingerprint density at radius 1 is 0.903 bits per heavy atom. The van der Waals surface area contributed by atoms with Gasteiger partial charge >= 0.3 is 0 Å². The maximum absolute atomic E-state index is 6.03. The average Bonchev–Trinajstić information content (AvgIpc) is 2.81. The van der Waals surface area contributed by atoms with Gasteiger partial charge in [0.1, 0.15) is 6.10 Å². The van der Waals surface area contributed by atoms with Crippen LogP contribution >= 0.6 is 0 Å². The number of benzene rings is 1. The molecule has 0 aromatic heterocycles. The second kappa shape index (κ2) is 13.4. The summed E-state index contributed by atoms with van der Waals surface area (Å²) in [5.41, 5.74) is 2.70. The van der Waals surface area contributed by atoms with Crippen molar-refractivity contribution in [2.24, 2.45) is 0 Å².